The number of hydrogen-bond acceptors (Lipinski definition) is 5. The number of aromatic nitrogens is 1. The van der Waals surface area contributed by atoms with E-state index in [0.717, 1.165) is 11.1 Å². The lowest BCUT2D eigenvalue weighted by Crippen LogP contribution is -2.24. The summed E-state index contributed by atoms with van der Waals surface area (Å²) in [6, 6.07) is 11.5. The molecule has 0 saturated carbocycles. The van der Waals surface area contributed by atoms with E-state index in [9.17, 15) is 17.6 Å². The standard InChI is InChI=1S/C20H18BrFN2O4S/c1-12-3-5-14(6-4-12)20-24-18(13(2)28-20)10-29(26,27)11-19(25)23-17-8-7-15(21)9-16(17)22/h3-9H,10-11H2,1-2H3,(H,23,25). The summed E-state index contributed by atoms with van der Waals surface area (Å²) in [6.45, 7) is 3.57. The summed E-state index contributed by atoms with van der Waals surface area (Å²) >= 11 is 3.11. The van der Waals surface area contributed by atoms with Crippen LogP contribution in [0.3, 0.4) is 0 Å². The Morgan fingerprint density at radius 3 is 2.52 bits per heavy atom. The minimum Gasteiger partial charge on any atom is -0.441 e. The molecule has 6 nitrogen and oxygen atoms in total. The predicted octanol–water partition coefficient (Wildman–Crippen LogP) is 4.41. The van der Waals surface area contributed by atoms with Crippen LogP contribution in [0.25, 0.3) is 11.5 Å². The van der Waals surface area contributed by atoms with Crippen molar-refractivity contribution in [2.45, 2.75) is 19.6 Å². The summed E-state index contributed by atoms with van der Waals surface area (Å²) in [6.07, 6.45) is 0. The molecular formula is C20H18BrFN2O4S. The summed E-state index contributed by atoms with van der Waals surface area (Å²) in [5, 5.41) is 2.27. The average Bonchev–Trinajstić information content (AvgIpc) is 2.97. The van der Waals surface area contributed by atoms with Crippen LogP contribution in [0.4, 0.5) is 10.1 Å². The zero-order chi connectivity index (χ0) is 21.2. The van der Waals surface area contributed by atoms with Crippen molar-refractivity contribution in [1.29, 1.82) is 0 Å². The van der Waals surface area contributed by atoms with Crippen molar-refractivity contribution in [2.75, 3.05) is 11.1 Å². The molecule has 3 rings (SSSR count). The zero-order valence-corrected chi connectivity index (χ0v) is 18.1. The van der Waals surface area contributed by atoms with Crippen molar-refractivity contribution in [2.24, 2.45) is 0 Å². The first-order valence-electron chi connectivity index (χ1n) is 8.61. The highest BCUT2D eigenvalue weighted by atomic mass is 79.9. The van der Waals surface area contributed by atoms with Crippen LogP contribution >= 0.6 is 15.9 Å². The Morgan fingerprint density at radius 2 is 1.86 bits per heavy atom. The number of carbonyl (C=O) groups is 1. The first kappa shape index (κ1) is 21.2. The molecule has 0 spiro atoms. The van der Waals surface area contributed by atoms with Crippen molar-refractivity contribution >= 4 is 37.4 Å². The highest BCUT2D eigenvalue weighted by molar-refractivity contribution is 9.10. The highest BCUT2D eigenvalue weighted by Crippen LogP contribution is 2.24. The third kappa shape index (κ3) is 5.51. The molecule has 0 aliphatic carbocycles. The molecule has 0 fully saturated rings. The van der Waals surface area contributed by atoms with Crippen molar-refractivity contribution in [3.8, 4) is 11.5 Å². The Labute approximate surface area is 176 Å². The lowest BCUT2D eigenvalue weighted by atomic mass is 10.1. The molecule has 0 radical (unpaired) electrons. The molecule has 0 aliphatic rings. The van der Waals surface area contributed by atoms with Crippen molar-refractivity contribution < 1.29 is 22.0 Å². The average molecular weight is 481 g/mol. The molecule has 0 bridgehead atoms. The topological polar surface area (TPSA) is 89.3 Å². The van der Waals surface area contributed by atoms with Crippen LogP contribution in [0.2, 0.25) is 0 Å². The number of anilines is 1. The maximum Gasteiger partial charge on any atom is 0.239 e. The fourth-order valence-electron chi connectivity index (χ4n) is 2.62. The normalized spacial score (nSPS) is 11.4. The van der Waals surface area contributed by atoms with Crippen molar-refractivity contribution in [1.82, 2.24) is 4.98 Å². The second-order valence-corrected chi connectivity index (χ2v) is 9.57. The number of hydrogen-bond donors (Lipinski definition) is 1. The van der Waals surface area contributed by atoms with E-state index in [4.69, 9.17) is 4.42 Å². The molecule has 0 aliphatic heterocycles. The molecule has 0 atom stereocenters. The van der Waals surface area contributed by atoms with E-state index < -0.39 is 33.1 Å². The van der Waals surface area contributed by atoms with Crippen molar-refractivity contribution in [3.63, 3.8) is 0 Å². The number of amides is 1. The number of nitrogens with zero attached hydrogens (tertiary/aromatic N) is 1. The predicted molar refractivity (Wildman–Crippen MR) is 112 cm³/mol. The zero-order valence-electron chi connectivity index (χ0n) is 15.7. The minimum absolute atomic E-state index is 0.0901. The number of carbonyl (C=O) groups excluding carboxylic acids is 1. The number of sulfone groups is 1. The summed E-state index contributed by atoms with van der Waals surface area (Å²) in [4.78, 5) is 16.4. The number of nitrogens with one attached hydrogen (secondary N) is 1. The Morgan fingerprint density at radius 1 is 1.17 bits per heavy atom. The Bertz CT molecular complexity index is 1160. The summed E-state index contributed by atoms with van der Waals surface area (Å²) in [5.41, 5.74) is 1.95. The monoisotopic (exact) mass is 480 g/mol. The molecule has 29 heavy (non-hydrogen) atoms. The lowest BCUT2D eigenvalue weighted by Gasteiger charge is -2.07. The van der Waals surface area contributed by atoms with E-state index in [1.54, 1.807) is 13.0 Å². The largest absolute Gasteiger partial charge is 0.441 e. The first-order chi connectivity index (χ1) is 13.6. The highest BCUT2D eigenvalue weighted by Gasteiger charge is 2.22. The van der Waals surface area contributed by atoms with Crippen LogP contribution in [-0.2, 0) is 20.4 Å². The molecule has 0 unspecified atom stereocenters. The van der Waals surface area contributed by atoms with Gasteiger partial charge in [-0.1, -0.05) is 33.6 Å². The van der Waals surface area contributed by atoms with E-state index in [2.05, 4.69) is 26.2 Å². The second kappa shape index (κ2) is 8.46. The van der Waals surface area contributed by atoms with Crippen LogP contribution in [-0.4, -0.2) is 25.1 Å². The molecule has 1 N–H and O–H groups in total. The van der Waals surface area contributed by atoms with E-state index in [-0.39, 0.29) is 11.4 Å². The number of rotatable bonds is 6. The number of halogens is 2. The molecule has 1 heterocycles. The maximum absolute atomic E-state index is 13.8. The van der Waals surface area contributed by atoms with Gasteiger partial charge in [0.1, 0.15) is 17.3 Å². The maximum atomic E-state index is 13.8. The fraction of sp³-hybridized carbons (Fsp3) is 0.200. The van der Waals surface area contributed by atoms with Gasteiger partial charge < -0.3 is 9.73 Å². The number of aryl methyl sites for hydroxylation is 2. The van der Waals surface area contributed by atoms with Crippen LogP contribution in [0, 0.1) is 19.7 Å². The number of benzene rings is 2. The van der Waals surface area contributed by atoms with Gasteiger partial charge in [0.15, 0.2) is 9.84 Å². The quantitative estimate of drug-likeness (QED) is 0.564. The molecule has 1 aromatic heterocycles. The molecule has 3 aromatic rings. The van der Waals surface area contributed by atoms with Crippen LogP contribution in [0.1, 0.15) is 17.0 Å². The second-order valence-electron chi connectivity index (χ2n) is 6.59. The molecule has 0 saturated heterocycles. The van der Waals surface area contributed by atoms with Gasteiger partial charge in [-0.05, 0) is 44.2 Å². The molecular weight excluding hydrogens is 463 g/mol. The van der Waals surface area contributed by atoms with Gasteiger partial charge in [-0.2, -0.15) is 0 Å². The Balaban J connectivity index is 1.70. The molecule has 152 valence electrons. The van der Waals surface area contributed by atoms with Gasteiger partial charge >= 0.3 is 0 Å². The third-order valence-corrected chi connectivity index (χ3v) is 6.01. The van der Waals surface area contributed by atoms with E-state index in [1.807, 2.05) is 31.2 Å². The van der Waals surface area contributed by atoms with Crippen molar-refractivity contribution in [3.05, 3.63) is 69.8 Å². The lowest BCUT2D eigenvalue weighted by molar-refractivity contribution is -0.113. The van der Waals surface area contributed by atoms with Gasteiger partial charge in [0.25, 0.3) is 0 Å². The Hall–Kier alpha value is -2.52. The summed E-state index contributed by atoms with van der Waals surface area (Å²) in [7, 11) is -3.84. The fourth-order valence-corrected chi connectivity index (χ4v) is 4.21. The molecule has 2 aromatic carbocycles. The number of oxazole rings is 1. The van der Waals surface area contributed by atoms with Gasteiger partial charge in [0.2, 0.25) is 11.8 Å². The van der Waals surface area contributed by atoms with E-state index >= 15 is 0 Å². The SMILES string of the molecule is Cc1ccc(-c2nc(CS(=O)(=O)CC(=O)Nc3ccc(Br)cc3F)c(C)o2)cc1. The first-order valence-corrected chi connectivity index (χ1v) is 11.2. The van der Waals surface area contributed by atoms with Gasteiger partial charge in [-0.15, -0.1) is 0 Å². The van der Waals surface area contributed by atoms with E-state index in [1.165, 1.54) is 12.1 Å². The molecule has 9 heteroatoms. The van der Waals surface area contributed by atoms with E-state index in [0.29, 0.717) is 16.1 Å². The van der Waals surface area contributed by atoms with Crippen LogP contribution < -0.4 is 5.32 Å². The van der Waals surface area contributed by atoms with Gasteiger partial charge in [0.05, 0.1) is 17.1 Å². The summed E-state index contributed by atoms with van der Waals surface area (Å²) in [5.74, 6) is -2.07. The van der Waals surface area contributed by atoms with Crippen LogP contribution in [0.5, 0.6) is 0 Å². The molecule has 1 amide bonds. The van der Waals surface area contributed by atoms with Gasteiger partial charge in [0, 0.05) is 10.0 Å². The third-order valence-electron chi connectivity index (χ3n) is 4.10. The van der Waals surface area contributed by atoms with Gasteiger partial charge in [-0.25, -0.2) is 17.8 Å². The Kier molecular flexibility index (Phi) is 6.18. The minimum atomic E-state index is -3.84. The van der Waals surface area contributed by atoms with Crippen LogP contribution in [0.15, 0.2) is 51.4 Å². The smallest absolute Gasteiger partial charge is 0.239 e. The van der Waals surface area contributed by atoms with Gasteiger partial charge in [-0.3, -0.25) is 4.79 Å². The summed E-state index contributed by atoms with van der Waals surface area (Å²) < 4.78 is 44.8.